The van der Waals surface area contributed by atoms with Crippen LogP contribution in [-0.4, -0.2) is 19.1 Å². The van der Waals surface area contributed by atoms with Gasteiger partial charge in [0, 0.05) is 10.7 Å². The molecule has 0 fully saturated rings. The minimum absolute atomic E-state index is 0.190. The molecule has 0 radical (unpaired) electrons. The third-order valence-corrected chi connectivity index (χ3v) is 2.79. The highest BCUT2D eigenvalue weighted by Crippen LogP contribution is 2.12. The zero-order chi connectivity index (χ0) is 13.2. The summed E-state index contributed by atoms with van der Waals surface area (Å²) >= 11 is 5.77. The van der Waals surface area contributed by atoms with Gasteiger partial charge in [-0.15, -0.1) is 0 Å². The minimum Gasteiger partial charge on any atom is -0.464 e. The fourth-order valence-corrected chi connectivity index (χ4v) is 1.63. The van der Waals surface area contributed by atoms with Crippen molar-refractivity contribution < 1.29 is 9.53 Å². The van der Waals surface area contributed by atoms with E-state index >= 15 is 0 Å². The molecule has 1 aromatic rings. The number of carbonyl (C=O) groups excluding carboxylic acids is 1. The second-order valence-electron chi connectivity index (χ2n) is 4.14. The monoisotopic (exact) mass is 269 g/mol. The highest BCUT2D eigenvalue weighted by atomic mass is 35.5. The van der Waals surface area contributed by atoms with Gasteiger partial charge in [-0.25, -0.2) is 0 Å². The van der Waals surface area contributed by atoms with E-state index in [-0.39, 0.29) is 12.5 Å². The number of esters is 1. The predicted molar refractivity (Wildman–Crippen MR) is 75.0 cm³/mol. The van der Waals surface area contributed by atoms with E-state index in [0.717, 1.165) is 18.5 Å². The summed E-state index contributed by atoms with van der Waals surface area (Å²) < 4.78 is 5.11. The molecule has 0 spiro atoms. The van der Waals surface area contributed by atoms with Crippen LogP contribution in [0.3, 0.4) is 0 Å². The summed E-state index contributed by atoms with van der Waals surface area (Å²) in [5, 5.41) is 3.67. The summed E-state index contributed by atoms with van der Waals surface area (Å²) in [7, 11) is 0. The van der Waals surface area contributed by atoms with E-state index in [4.69, 9.17) is 16.3 Å². The van der Waals surface area contributed by atoms with Gasteiger partial charge in [-0.3, -0.25) is 4.79 Å². The van der Waals surface area contributed by atoms with Crippen LogP contribution in [0.4, 0.5) is 5.69 Å². The lowest BCUT2D eigenvalue weighted by molar-refractivity contribution is -0.141. The molecule has 1 rings (SSSR count). The first-order valence-electron chi connectivity index (χ1n) is 6.37. The van der Waals surface area contributed by atoms with Crippen molar-refractivity contribution in [2.75, 3.05) is 18.5 Å². The number of unbranched alkanes of at least 4 members (excludes halogenated alkanes) is 3. The van der Waals surface area contributed by atoms with Gasteiger partial charge < -0.3 is 10.1 Å². The Morgan fingerprint density at radius 3 is 2.61 bits per heavy atom. The smallest absolute Gasteiger partial charge is 0.325 e. The van der Waals surface area contributed by atoms with Gasteiger partial charge in [-0.05, 0) is 30.7 Å². The molecule has 0 aliphatic heterocycles. The lowest BCUT2D eigenvalue weighted by Gasteiger charge is -2.07. The molecule has 0 atom stereocenters. The van der Waals surface area contributed by atoms with Crippen LogP contribution in [0, 0.1) is 0 Å². The number of anilines is 1. The standard InChI is InChI=1S/C14H20ClNO2/c1-2-3-4-5-10-18-14(17)11-16-13-8-6-12(15)7-9-13/h6-9,16H,2-5,10-11H2,1H3. The number of ether oxygens (including phenoxy) is 1. The Balaban J connectivity index is 2.11. The van der Waals surface area contributed by atoms with Crippen LogP contribution in [0.2, 0.25) is 5.02 Å². The molecule has 0 aromatic heterocycles. The second kappa shape index (κ2) is 8.81. The van der Waals surface area contributed by atoms with Gasteiger partial charge in [0.25, 0.3) is 0 Å². The van der Waals surface area contributed by atoms with E-state index < -0.39 is 0 Å². The maximum atomic E-state index is 11.4. The van der Waals surface area contributed by atoms with Crippen molar-refractivity contribution in [3.8, 4) is 0 Å². The van der Waals surface area contributed by atoms with Gasteiger partial charge in [-0.2, -0.15) is 0 Å². The molecule has 0 unspecified atom stereocenters. The quantitative estimate of drug-likeness (QED) is 0.575. The van der Waals surface area contributed by atoms with E-state index in [2.05, 4.69) is 12.2 Å². The summed E-state index contributed by atoms with van der Waals surface area (Å²) in [6, 6.07) is 7.22. The Morgan fingerprint density at radius 2 is 1.94 bits per heavy atom. The molecule has 18 heavy (non-hydrogen) atoms. The molecule has 0 bridgehead atoms. The second-order valence-corrected chi connectivity index (χ2v) is 4.58. The largest absolute Gasteiger partial charge is 0.464 e. The van der Waals surface area contributed by atoms with Crippen LogP contribution in [0.25, 0.3) is 0 Å². The van der Waals surface area contributed by atoms with Crippen molar-refractivity contribution in [1.29, 1.82) is 0 Å². The van der Waals surface area contributed by atoms with E-state index in [1.54, 1.807) is 12.1 Å². The van der Waals surface area contributed by atoms with Crippen LogP contribution in [-0.2, 0) is 9.53 Å². The number of hydrogen-bond acceptors (Lipinski definition) is 3. The number of hydrogen-bond donors (Lipinski definition) is 1. The van der Waals surface area contributed by atoms with Crippen molar-refractivity contribution in [1.82, 2.24) is 0 Å². The van der Waals surface area contributed by atoms with Gasteiger partial charge in [0.2, 0.25) is 0 Å². The van der Waals surface area contributed by atoms with Gasteiger partial charge >= 0.3 is 5.97 Å². The fourth-order valence-electron chi connectivity index (χ4n) is 1.51. The lowest BCUT2D eigenvalue weighted by atomic mass is 10.2. The maximum absolute atomic E-state index is 11.4. The zero-order valence-corrected chi connectivity index (χ0v) is 11.5. The first-order valence-corrected chi connectivity index (χ1v) is 6.75. The van der Waals surface area contributed by atoms with Crippen molar-refractivity contribution >= 4 is 23.3 Å². The Morgan fingerprint density at radius 1 is 1.22 bits per heavy atom. The summed E-state index contributed by atoms with van der Waals surface area (Å²) in [5.74, 6) is -0.221. The van der Waals surface area contributed by atoms with E-state index in [9.17, 15) is 4.79 Å². The van der Waals surface area contributed by atoms with Crippen molar-refractivity contribution in [2.45, 2.75) is 32.6 Å². The van der Waals surface area contributed by atoms with Crippen LogP contribution in [0.1, 0.15) is 32.6 Å². The SMILES string of the molecule is CCCCCCOC(=O)CNc1ccc(Cl)cc1. The van der Waals surface area contributed by atoms with E-state index in [1.165, 1.54) is 12.8 Å². The summed E-state index contributed by atoms with van der Waals surface area (Å²) in [6.07, 6.45) is 4.45. The molecule has 4 heteroatoms. The van der Waals surface area contributed by atoms with Crippen LogP contribution >= 0.6 is 11.6 Å². The highest BCUT2D eigenvalue weighted by Gasteiger charge is 2.02. The molecule has 1 aromatic carbocycles. The maximum Gasteiger partial charge on any atom is 0.325 e. The predicted octanol–water partition coefficient (Wildman–Crippen LogP) is 3.88. The third-order valence-electron chi connectivity index (χ3n) is 2.54. The van der Waals surface area contributed by atoms with Crippen LogP contribution < -0.4 is 5.32 Å². The van der Waals surface area contributed by atoms with Crippen molar-refractivity contribution in [2.24, 2.45) is 0 Å². The molecule has 0 aliphatic carbocycles. The average molecular weight is 270 g/mol. The number of rotatable bonds is 8. The summed E-state index contributed by atoms with van der Waals surface area (Å²) in [5.41, 5.74) is 0.863. The molecule has 100 valence electrons. The number of benzene rings is 1. The Kier molecular flexibility index (Phi) is 7.26. The third kappa shape index (κ3) is 6.50. The molecule has 1 N–H and O–H groups in total. The summed E-state index contributed by atoms with van der Waals surface area (Å²) in [4.78, 5) is 11.4. The van der Waals surface area contributed by atoms with Crippen LogP contribution in [0.15, 0.2) is 24.3 Å². The fraction of sp³-hybridized carbons (Fsp3) is 0.500. The molecule has 0 amide bonds. The van der Waals surface area contributed by atoms with Crippen molar-refractivity contribution in [3.05, 3.63) is 29.3 Å². The normalized spacial score (nSPS) is 10.1. The van der Waals surface area contributed by atoms with E-state index in [0.29, 0.717) is 11.6 Å². The molecular formula is C14H20ClNO2. The lowest BCUT2D eigenvalue weighted by Crippen LogP contribution is -2.17. The first kappa shape index (κ1) is 14.8. The van der Waals surface area contributed by atoms with Gasteiger partial charge in [0.15, 0.2) is 0 Å². The Hall–Kier alpha value is -1.22. The molecule has 0 saturated heterocycles. The molecular weight excluding hydrogens is 250 g/mol. The number of halogens is 1. The Labute approximate surface area is 113 Å². The number of nitrogens with one attached hydrogen (secondary N) is 1. The van der Waals surface area contributed by atoms with Gasteiger partial charge in [-0.1, -0.05) is 37.8 Å². The molecule has 0 aliphatic rings. The zero-order valence-electron chi connectivity index (χ0n) is 10.7. The minimum atomic E-state index is -0.221. The van der Waals surface area contributed by atoms with E-state index in [1.807, 2.05) is 12.1 Å². The summed E-state index contributed by atoms with van der Waals surface area (Å²) in [6.45, 7) is 2.86. The Bertz CT molecular complexity index is 351. The highest BCUT2D eigenvalue weighted by molar-refractivity contribution is 6.30. The van der Waals surface area contributed by atoms with Gasteiger partial charge in [0.1, 0.15) is 6.54 Å². The first-order chi connectivity index (χ1) is 8.72. The van der Waals surface area contributed by atoms with Crippen molar-refractivity contribution in [3.63, 3.8) is 0 Å². The molecule has 0 saturated carbocycles. The molecule has 3 nitrogen and oxygen atoms in total. The topological polar surface area (TPSA) is 38.3 Å². The average Bonchev–Trinajstić information content (AvgIpc) is 2.38. The number of carbonyl (C=O) groups is 1. The van der Waals surface area contributed by atoms with Crippen LogP contribution in [0.5, 0.6) is 0 Å². The van der Waals surface area contributed by atoms with Gasteiger partial charge in [0.05, 0.1) is 6.61 Å². The molecule has 0 heterocycles.